The first-order chi connectivity index (χ1) is 13.8. The molecule has 0 atom stereocenters. The molecule has 8 nitrogen and oxygen atoms in total. The van der Waals surface area contributed by atoms with Gasteiger partial charge in [-0.05, 0) is 48.9 Å². The Labute approximate surface area is 168 Å². The molecule has 1 aromatic heterocycles. The van der Waals surface area contributed by atoms with Gasteiger partial charge in [-0.15, -0.1) is 0 Å². The minimum absolute atomic E-state index is 0.0189. The maximum absolute atomic E-state index is 12.9. The van der Waals surface area contributed by atoms with Crippen LogP contribution in [-0.4, -0.2) is 31.5 Å². The predicted octanol–water partition coefficient (Wildman–Crippen LogP) is 3.16. The molecular formula is C20H19N3O5S. The molecule has 3 rings (SSSR count). The van der Waals surface area contributed by atoms with Crippen LogP contribution in [0.2, 0.25) is 0 Å². The van der Waals surface area contributed by atoms with E-state index >= 15 is 0 Å². The number of aromatic nitrogens is 1. The van der Waals surface area contributed by atoms with Crippen molar-refractivity contribution in [2.24, 2.45) is 0 Å². The second-order valence-electron chi connectivity index (χ2n) is 6.11. The summed E-state index contributed by atoms with van der Waals surface area (Å²) in [6, 6.07) is 13.8. The molecule has 0 fully saturated rings. The Morgan fingerprint density at radius 2 is 1.86 bits per heavy atom. The number of ether oxygens (including phenoxy) is 1. The number of para-hydroxylation sites is 2. The minimum atomic E-state index is -3.99. The number of sulfonamides is 1. The maximum atomic E-state index is 12.9. The maximum Gasteiger partial charge on any atom is 0.262 e. The van der Waals surface area contributed by atoms with Crippen LogP contribution >= 0.6 is 0 Å². The van der Waals surface area contributed by atoms with Gasteiger partial charge in [-0.3, -0.25) is 9.52 Å². The smallest absolute Gasteiger partial charge is 0.262 e. The quantitative estimate of drug-likeness (QED) is 0.571. The zero-order valence-electron chi connectivity index (χ0n) is 15.7. The second kappa shape index (κ2) is 8.19. The van der Waals surface area contributed by atoms with Gasteiger partial charge >= 0.3 is 0 Å². The van der Waals surface area contributed by atoms with Crippen LogP contribution in [0.4, 0.5) is 11.5 Å². The van der Waals surface area contributed by atoms with E-state index < -0.39 is 15.9 Å². The lowest BCUT2D eigenvalue weighted by Crippen LogP contribution is -2.17. The Morgan fingerprint density at radius 1 is 1.10 bits per heavy atom. The van der Waals surface area contributed by atoms with Gasteiger partial charge in [0.15, 0.2) is 11.6 Å². The zero-order valence-corrected chi connectivity index (χ0v) is 16.5. The van der Waals surface area contributed by atoms with Crippen LogP contribution in [0, 0.1) is 6.92 Å². The lowest BCUT2D eigenvalue weighted by atomic mass is 10.1. The number of carbonyl (C=O) groups excluding carboxylic acids is 1. The fraction of sp³-hybridized carbons (Fsp3) is 0.100. The summed E-state index contributed by atoms with van der Waals surface area (Å²) in [6.45, 7) is 1.63. The molecule has 3 aromatic rings. The standard InChI is InChI=1S/C20H19N3O5S/c1-13-9-10-14(20(25)22-19-16(24)7-5-11-21-19)12-18(13)29(26,27)23-15-6-3-4-8-17(15)28-2/h3-12,23-24H,1-2H3,(H,21,22,25). The highest BCUT2D eigenvalue weighted by molar-refractivity contribution is 7.92. The number of aryl methyl sites for hydroxylation is 1. The Bertz CT molecular complexity index is 1160. The highest BCUT2D eigenvalue weighted by atomic mass is 32.2. The van der Waals surface area contributed by atoms with Crippen molar-refractivity contribution in [3.8, 4) is 11.5 Å². The largest absolute Gasteiger partial charge is 0.504 e. The number of anilines is 2. The molecule has 29 heavy (non-hydrogen) atoms. The molecule has 1 heterocycles. The Morgan fingerprint density at radius 3 is 2.59 bits per heavy atom. The number of pyridine rings is 1. The Balaban J connectivity index is 1.92. The highest BCUT2D eigenvalue weighted by Gasteiger charge is 2.21. The lowest BCUT2D eigenvalue weighted by Gasteiger charge is -2.14. The van der Waals surface area contributed by atoms with E-state index in [1.54, 1.807) is 31.2 Å². The third-order valence-electron chi connectivity index (χ3n) is 4.11. The fourth-order valence-corrected chi connectivity index (χ4v) is 3.97. The first kappa shape index (κ1) is 20.2. The van der Waals surface area contributed by atoms with Crippen LogP contribution in [-0.2, 0) is 10.0 Å². The summed E-state index contributed by atoms with van der Waals surface area (Å²) < 4.78 is 33.5. The van der Waals surface area contributed by atoms with Crippen LogP contribution in [0.3, 0.4) is 0 Å². The van der Waals surface area contributed by atoms with Crippen molar-refractivity contribution < 1.29 is 23.1 Å². The van der Waals surface area contributed by atoms with E-state index in [1.165, 1.54) is 43.6 Å². The van der Waals surface area contributed by atoms with Gasteiger partial charge in [-0.2, -0.15) is 0 Å². The molecule has 0 radical (unpaired) electrons. The van der Waals surface area contributed by atoms with Gasteiger partial charge in [-0.1, -0.05) is 18.2 Å². The van der Waals surface area contributed by atoms with Crippen LogP contribution < -0.4 is 14.8 Å². The van der Waals surface area contributed by atoms with Crippen molar-refractivity contribution in [2.75, 3.05) is 17.1 Å². The van der Waals surface area contributed by atoms with Crippen molar-refractivity contribution in [3.05, 3.63) is 71.9 Å². The van der Waals surface area contributed by atoms with E-state index in [0.29, 0.717) is 11.3 Å². The summed E-state index contributed by atoms with van der Waals surface area (Å²) in [7, 11) is -2.55. The van der Waals surface area contributed by atoms with E-state index in [-0.39, 0.29) is 27.7 Å². The topological polar surface area (TPSA) is 118 Å². The molecule has 0 aliphatic carbocycles. The number of rotatable bonds is 6. The first-order valence-corrected chi connectivity index (χ1v) is 10.0. The summed E-state index contributed by atoms with van der Waals surface area (Å²) in [5, 5.41) is 12.2. The summed E-state index contributed by atoms with van der Waals surface area (Å²) in [6.07, 6.45) is 1.41. The van der Waals surface area contributed by atoms with Crippen LogP contribution in [0.25, 0.3) is 0 Å². The number of nitrogens with one attached hydrogen (secondary N) is 2. The van der Waals surface area contributed by atoms with Gasteiger partial charge in [-0.25, -0.2) is 13.4 Å². The molecular weight excluding hydrogens is 394 g/mol. The molecule has 0 unspecified atom stereocenters. The molecule has 2 aromatic carbocycles. The number of benzene rings is 2. The van der Waals surface area contributed by atoms with Crippen molar-refractivity contribution >= 4 is 27.4 Å². The Kier molecular flexibility index (Phi) is 5.69. The zero-order chi connectivity index (χ0) is 21.0. The average molecular weight is 413 g/mol. The van der Waals surface area contributed by atoms with Crippen LogP contribution in [0.5, 0.6) is 11.5 Å². The third kappa shape index (κ3) is 4.46. The number of hydrogen-bond donors (Lipinski definition) is 3. The normalized spacial score (nSPS) is 11.0. The number of methoxy groups -OCH3 is 1. The number of carbonyl (C=O) groups is 1. The van der Waals surface area contributed by atoms with Gasteiger partial charge < -0.3 is 15.2 Å². The molecule has 0 aliphatic heterocycles. The SMILES string of the molecule is COc1ccccc1NS(=O)(=O)c1cc(C(=O)Nc2ncccc2O)ccc1C. The first-order valence-electron chi connectivity index (χ1n) is 8.53. The van der Waals surface area contributed by atoms with Crippen LogP contribution in [0.1, 0.15) is 15.9 Å². The molecule has 0 saturated heterocycles. The van der Waals surface area contributed by atoms with E-state index in [9.17, 15) is 18.3 Å². The van der Waals surface area contributed by atoms with E-state index in [1.807, 2.05) is 0 Å². The minimum Gasteiger partial charge on any atom is -0.504 e. The summed E-state index contributed by atoms with van der Waals surface area (Å²) in [5.74, 6) is -0.450. The van der Waals surface area contributed by atoms with Crippen molar-refractivity contribution in [3.63, 3.8) is 0 Å². The fourth-order valence-electron chi connectivity index (χ4n) is 2.63. The molecule has 0 spiro atoms. The van der Waals surface area contributed by atoms with Gasteiger partial charge in [0, 0.05) is 11.8 Å². The third-order valence-corrected chi connectivity index (χ3v) is 5.62. The Hall–Kier alpha value is -3.59. The van der Waals surface area contributed by atoms with Crippen molar-refractivity contribution in [1.29, 1.82) is 0 Å². The van der Waals surface area contributed by atoms with Crippen LogP contribution in [0.15, 0.2) is 65.7 Å². The summed E-state index contributed by atoms with van der Waals surface area (Å²) >= 11 is 0. The van der Waals surface area contributed by atoms with Gasteiger partial charge in [0.25, 0.3) is 15.9 Å². The molecule has 3 N–H and O–H groups in total. The number of amides is 1. The van der Waals surface area contributed by atoms with E-state index in [0.717, 1.165) is 0 Å². The molecule has 0 saturated carbocycles. The van der Waals surface area contributed by atoms with Gasteiger partial charge in [0.2, 0.25) is 0 Å². The van der Waals surface area contributed by atoms with Crippen molar-refractivity contribution in [2.45, 2.75) is 11.8 Å². The summed E-state index contributed by atoms with van der Waals surface area (Å²) in [5.41, 5.74) is 0.841. The van der Waals surface area contributed by atoms with Gasteiger partial charge in [0.1, 0.15) is 5.75 Å². The number of hydrogen-bond acceptors (Lipinski definition) is 6. The summed E-state index contributed by atoms with van der Waals surface area (Å²) in [4.78, 5) is 16.3. The van der Waals surface area contributed by atoms with E-state index in [4.69, 9.17) is 4.74 Å². The number of aromatic hydroxyl groups is 1. The monoisotopic (exact) mass is 413 g/mol. The van der Waals surface area contributed by atoms with Gasteiger partial charge in [0.05, 0.1) is 17.7 Å². The predicted molar refractivity (Wildman–Crippen MR) is 109 cm³/mol. The molecule has 9 heteroatoms. The molecule has 0 aliphatic rings. The van der Waals surface area contributed by atoms with E-state index in [2.05, 4.69) is 15.0 Å². The highest BCUT2D eigenvalue weighted by Crippen LogP contribution is 2.28. The molecule has 0 bridgehead atoms. The molecule has 150 valence electrons. The molecule has 1 amide bonds. The lowest BCUT2D eigenvalue weighted by molar-refractivity contribution is 0.102. The second-order valence-corrected chi connectivity index (χ2v) is 7.76. The number of nitrogens with zero attached hydrogens (tertiary/aromatic N) is 1. The van der Waals surface area contributed by atoms with Crippen molar-refractivity contribution in [1.82, 2.24) is 4.98 Å². The average Bonchev–Trinajstić information content (AvgIpc) is 2.70.